The molecule has 0 spiro atoms. The van der Waals surface area contributed by atoms with Crippen LogP contribution in [0.15, 0.2) is 43.0 Å². The van der Waals surface area contributed by atoms with Crippen molar-refractivity contribution >= 4 is 0 Å². The zero-order valence-corrected chi connectivity index (χ0v) is 11.3. The van der Waals surface area contributed by atoms with Crippen LogP contribution in [0.1, 0.15) is 38.2 Å². The first-order chi connectivity index (χ1) is 8.74. The molecule has 2 heteroatoms. The number of hydrogen-bond acceptors (Lipinski definition) is 2. The van der Waals surface area contributed by atoms with Crippen molar-refractivity contribution in [2.45, 2.75) is 44.8 Å². The lowest BCUT2D eigenvalue weighted by Crippen LogP contribution is -2.49. The second-order valence-electron chi connectivity index (χ2n) is 5.31. The Morgan fingerprint density at radius 1 is 1.33 bits per heavy atom. The second-order valence-corrected chi connectivity index (χ2v) is 5.31. The predicted octanol–water partition coefficient (Wildman–Crippen LogP) is 3.94. The molecule has 0 saturated carbocycles. The van der Waals surface area contributed by atoms with E-state index in [1.807, 2.05) is 12.1 Å². The van der Waals surface area contributed by atoms with Crippen molar-refractivity contribution in [1.29, 1.82) is 0 Å². The summed E-state index contributed by atoms with van der Waals surface area (Å²) in [6.07, 6.45) is 6.69. The average molecular weight is 245 g/mol. The molecule has 0 amide bonds. The van der Waals surface area contributed by atoms with Crippen molar-refractivity contribution in [1.82, 2.24) is 5.06 Å². The molecule has 1 atom stereocenters. The molecule has 1 unspecified atom stereocenters. The van der Waals surface area contributed by atoms with E-state index in [1.54, 1.807) is 0 Å². The van der Waals surface area contributed by atoms with Gasteiger partial charge in [0.15, 0.2) is 0 Å². The van der Waals surface area contributed by atoms with Gasteiger partial charge in [-0.1, -0.05) is 42.8 Å². The number of benzene rings is 1. The fraction of sp³-hybridized carbons (Fsp3) is 0.500. The van der Waals surface area contributed by atoms with Crippen LogP contribution in [0.3, 0.4) is 0 Å². The smallest absolute Gasteiger partial charge is 0.0936 e. The van der Waals surface area contributed by atoms with E-state index in [1.165, 1.54) is 24.8 Å². The molecule has 1 fully saturated rings. The maximum atomic E-state index is 6.02. The van der Waals surface area contributed by atoms with Gasteiger partial charge in [0.25, 0.3) is 0 Å². The van der Waals surface area contributed by atoms with Crippen LogP contribution in [0.25, 0.3) is 0 Å². The van der Waals surface area contributed by atoms with Crippen LogP contribution in [0, 0.1) is 0 Å². The molecule has 2 rings (SSSR count). The van der Waals surface area contributed by atoms with E-state index in [-0.39, 0.29) is 5.54 Å². The second kappa shape index (κ2) is 6.17. The number of hydroxylamine groups is 2. The van der Waals surface area contributed by atoms with Gasteiger partial charge in [-0.15, -0.1) is 6.58 Å². The summed E-state index contributed by atoms with van der Waals surface area (Å²) in [5, 5.41) is 2.17. The first kappa shape index (κ1) is 13.3. The van der Waals surface area contributed by atoms with Crippen LogP contribution >= 0.6 is 0 Å². The summed E-state index contributed by atoms with van der Waals surface area (Å²) in [7, 11) is 0. The van der Waals surface area contributed by atoms with Gasteiger partial charge in [-0.2, -0.15) is 5.06 Å². The van der Waals surface area contributed by atoms with Crippen molar-refractivity contribution in [3.63, 3.8) is 0 Å². The van der Waals surface area contributed by atoms with Crippen LogP contribution in [-0.2, 0) is 11.4 Å². The van der Waals surface area contributed by atoms with Gasteiger partial charge >= 0.3 is 0 Å². The Kier molecular flexibility index (Phi) is 4.56. The minimum atomic E-state index is 0.120. The number of rotatable bonds is 5. The van der Waals surface area contributed by atoms with Gasteiger partial charge in [0, 0.05) is 12.1 Å². The third-order valence-corrected chi connectivity index (χ3v) is 3.74. The van der Waals surface area contributed by atoms with Crippen molar-refractivity contribution in [2.75, 3.05) is 6.54 Å². The molecule has 18 heavy (non-hydrogen) atoms. The summed E-state index contributed by atoms with van der Waals surface area (Å²) < 4.78 is 0. The maximum absolute atomic E-state index is 6.02. The third-order valence-electron chi connectivity index (χ3n) is 3.74. The van der Waals surface area contributed by atoms with Crippen molar-refractivity contribution in [3.05, 3.63) is 48.6 Å². The van der Waals surface area contributed by atoms with E-state index in [2.05, 4.69) is 42.8 Å². The fourth-order valence-corrected chi connectivity index (χ4v) is 2.62. The summed E-state index contributed by atoms with van der Waals surface area (Å²) in [6.45, 7) is 7.83. The van der Waals surface area contributed by atoms with Crippen LogP contribution in [0.4, 0.5) is 0 Å². The molecular weight excluding hydrogens is 222 g/mol. The predicted molar refractivity (Wildman–Crippen MR) is 75.0 cm³/mol. The van der Waals surface area contributed by atoms with Gasteiger partial charge in [-0.25, -0.2) is 0 Å². The Balaban J connectivity index is 1.95. The van der Waals surface area contributed by atoms with Gasteiger partial charge in [0.1, 0.15) is 0 Å². The van der Waals surface area contributed by atoms with Gasteiger partial charge in [-0.05, 0) is 31.7 Å². The Bertz CT molecular complexity index is 376. The molecule has 0 radical (unpaired) electrons. The minimum Gasteiger partial charge on any atom is -0.294 e. The molecule has 1 aliphatic heterocycles. The highest BCUT2D eigenvalue weighted by molar-refractivity contribution is 5.13. The summed E-state index contributed by atoms with van der Waals surface area (Å²) >= 11 is 0. The molecule has 1 aromatic carbocycles. The highest BCUT2D eigenvalue weighted by Crippen LogP contribution is 2.31. The lowest BCUT2D eigenvalue weighted by Gasteiger charge is -2.43. The summed E-state index contributed by atoms with van der Waals surface area (Å²) in [4.78, 5) is 6.02. The van der Waals surface area contributed by atoms with E-state index < -0.39 is 0 Å². The van der Waals surface area contributed by atoms with Gasteiger partial charge in [0.05, 0.1) is 6.61 Å². The summed E-state index contributed by atoms with van der Waals surface area (Å²) in [5.41, 5.74) is 1.35. The summed E-state index contributed by atoms with van der Waals surface area (Å²) in [5.74, 6) is 0. The van der Waals surface area contributed by atoms with E-state index in [4.69, 9.17) is 4.84 Å². The highest BCUT2D eigenvalue weighted by Gasteiger charge is 2.34. The van der Waals surface area contributed by atoms with E-state index in [9.17, 15) is 0 Å². The highest BCUT2D eigenvalue weighted by atomic mass is 16.7. The summed E-state index contributed by atoms with van der Waals surface area (Å²) in [6, 6.07) is 10.4. The topological polar surface area (TPSA) is 12.5 Å². The van der Waals surface area contributed by atoms with Crippen molar-refractivity contribution in [3.8, 4) is 0 Å². The average Bonchev–Trinajstić information content (AvgIpc) is 2.39. The van der Waals surface area contributed by atoms with E-state index in [0.29, 0.717) is 6.61 Å². The maximum Gasteiger partial charge on any atom is 0.0936 e. The minimum absolute atomic E-state index is 0.120. The van der Waals surface area contributed by atoms with Crippen molar-refractivity contribution < 1.29 is 4.84 Å². The first-order valence-corrected chi connectivity index (χ1v) is 6.80. The standard InChI is InChI=1S/C16H23NO/c1-3-11-16(2)12-7-8-13-17(16)18-14-15-9-5-4-6-10-15/h3-6,9-10H,1,7-8,11-14H2,2H3. The Labute approximate surface area is 110 Å². The lowest BCUT2D eigenvalue weighted by molar-refractivity contribution is -0.239. The quantitative estimate of drug-likeness (QED) is 0.729. The molecule has 0 N–H and O–H groups in total. The molecule has 0 bridgehead atoms. The molecule has 0 aliphatic carbocycles. The van der Waals surface area contributed by atoms with Gasteiger partial charge in [-0.3, -0.25) is 4.84 Å². The Morgan fingerprint density at radius 3 is 2.83 bits per heavy atom. The molecule has 2 nitrogen and oxygen atoms in total. The fourth-order valence-electron chi connectivity index (χ4n) is 2.62. The third kappa shape index (κ3) is 3.21. The SMILES string of the molecule is C=CCC1(C)CCCCN1OCc1ccccc1. The Morgan fingerprint density at radius 2 is 2.11 bits per heavy atom. The molecular formula is C16H23NO. The van der Waals surface area contributed by atoms with Crippen LogP contribution in [0.5, 0.6) is 0 Å². The Hall–Kier alpha value is -1.12. The molecule has 1 heterocycles. The molecule has 1 aromatic rings. The van der Waals surface area contributed by atoms with Crippen molar-refractivity contribution in [2.24, 2.45) is 0 Å². The monoisotopic (exact) mass is 245 g/mol. The molecule has 98 valence electrons. The van der Waals surface area contributed by atoms with E-state index in [0.717, 1.165) is 13.0 Å². The zero-order valence-electron chi connectivity index (χ0n) is 11.3. The van der Waals surface area contributed by atoms with Crippen LogP contribution < -0.4 is 0 Å². The van der Waals surface area contributed by atoms with Gasteiger partial charge < -0.3 is 0 Å². The number of hydrogen-bond donors (Lipinski definition) is 0. The molecule has 1 aliphatic rings. The number of nitrogens with zero attached hydrogens (tertiary/aromatic N) is 1. The van der Waals surface area contributed by atoms with E-state index >= 15 is 0 Å². The number of piperidine rings is 1. The van der Waals surface area contributed by atoms with Crippen LogP contribution in [0.2, 0.25) is 0 Å². The van der Waals surface area contributed by atoms with Crippen LogP contribution in [-0.4, -0.2) is 17.1 Å². The normalized spacial score (nSPS) is 24.9. The first-order valence-electron chi connectivity index (χ1n) is 6.80. The zero-order chi connectivity index (χ0) is 12.8. The lowest BCUT2D eigenvalue weighted by atomic mass is 9.87. The largest absolute Gasteiger partial charge is 0.294 e. The van der Waals surface area contributed by atoms with Gasteiger partial charge in [0.2, 0.25) is 0 Å². The molecule has 0 aromatic heterocycles. The molecule has 1 saturated heterocycles.